The first-order chi connectivity index (χ1) is 13.2. The number of nitrogens with zero attached hydrogens (tertiary/aromatic N) is 3. The van der Waals surface area contributed by atoms with E-state index in [1.807, 2.05) is 6.07 Å². The minimum atomic E-state index is -3.42. The number of anilines is 2. The number of sulfonamides is 1. The molecule has 0 aliphatic carbocycles. The number of benzene rings is 1. The van der Waals surface area contributed by atoms with Crippen LogP contribution in [0, 0.1) is 13.8 Å². The summed E-state index contributed by atoms with van der Waals surface area (Å²) in [5.41, 5.74) is 8.85. The fraction of sp³-hybridized carbons (Fsp3) is 0.294. The summed E-state index contributed by atoms with van der Waals surface area (Å²) in [7, 11) is -3.42. The van der Waals surface area contributed by atoms with Crippen molar-refractivity contribution in [3.63, 3.8) is 0 Å². The van der Waals surface area contributed by atoms with Gasteiger partial charge in [-0.15, -0.1) is 10.2 Å². The number of nitrogens with two attached hydrogens (primary N) is 1. The predicted octanol–water partition coefficient (Wildman–Crippen LogP) is 0.486. The Balaban J connectivity index is 2.11. The molecule has 28 heavy (non-hydrogen) atoms. The van der Waals surface area contributed by atoms with E-state index < -0.39 is 10.0 Å². The van der Waals surface area contributed by atoms with Crippen molar-refractivity contribution in [3.05, 3.63) is 35.7 Å². The van der Waals surface area contributed by atoms with Gasteiger partial charge in [0.2, 0.25) is 15.9 Å². The maximum absolute atomic E-state index is 12.0. The highest BCUT2D eigenvalue weighted by Gasteiger charge is 2.20. The lowest BCUT2D eigenvalue weighted by Crippen LogP contribution is -2.30. The van der Waals surface area contributed by atoms with Gasteiger partial charge in [0.25, 0.3) is 5.82 Å². The zero-order valence-corrected chi connectivity index (χ0v) is 16.6. The van der Waals surface area contributed by atoms with Gasteiger partial charge in [-0.1, -0.05) is 16.6 Å². The van der Waals surface area contributed by atoms with E-state index in [1.54, 1.807) is 36.6 Å². The lowest BCUT2D eigenvalue weighted by Gasteiger charge is -2.10. The Labute approximate surface area is 162 Å². The molecule has 0 spiro atoms. The summed E-state index contributed by atoms with van der Waals surface area (Å²) in [5.74, 6) is 0.443. The summed E-state index contributed by atoms with van der Waals surface area (Å²) in [4.78, 5) is 12.0. The highest BCUT2D eigenvalue weighted by molar-refractivity contribution is 7.92. The number of H-pyrrole nitrogens is 1. The number of hydrogen-bond acceptors (Lipinski definition) is 6. The van der Waals surface area contributed by atoms with Crippen molar-refractivity contribution < 1.29 is 17.7 Å². The van der Waals surface area contributed by atoms with Crippen LogP contribution in [-0.2, 0) is 14.8 Å². The average molecular weight is 404 g/mol. The second-order valence-electron chi connectivity index (χ2n) is 6.48. The maximum atomic E-state index is 12.0. The fourth-order valence-corrected chi connectivity index (χ4v) is 3.31. The molecule has 2 aromatic heterocycles. The molecule has 0 aliphatic heterocycles. The van der Waals surface area contributed by atoms with Gasteiger partial charge in [0.1, 0.15) is 11.4 Å². The highest BCUT2D eigenvalue weighted by Crippen LogP contribution is 2.26. The van der Waals surface area contributed by atoms with Crippen LogP contribution in [0.15, 0.2) is 24.3 Å². The van der Waals surface area contributed by atoms with Crippen molar-refractivity contribution in [3.8, 4) is 11.3 Å². The first-order valence-electron chi connectivity index (χ1n) is 8.55. The van der Waals surface area contributed by atoms with Crippen molar-refractivity contribution in [1.29, 1.82) is 0 Å². The molecule has 11 heteroatoms. The molecular weight excluding hydrogens is 382 g/mol. The van der Waals surface area contributed by atoms with Crippen molar-refractivity contribution in [2.75, 3.05) is 22.8 Å². The predicted molar refractivity (Wildman–Crippen MR) is 105 cm³/mol. The molecular formula is C17H22N7O3S+. The van der Waals surface area contributed by atoms with E-state index in [4.69, 9.17) is 5.73 Å². The van der Waals surface area contributed by atoms with Gasteiger partial charge in [-0.05, 0) is 24.6 Å². The number of fused-ring (bicyclic) bond motifs is 1. The van der Waals surface area contributed by atoms with E-state index >= 15 is 0 Å². The van der Waals surface area contributed by atoms with Crippen LogP contribution in [0.3, 0.4) is 0 Å². The maximum Gasteiger partial charge on any atom is 0.349 e. The zero-order chi connectivity index (χ0) is 20.5. The van der Waals surface area contributed by atoms with E-state index in [-0.39, 0.29) is 18.9 Å². The average Bonchev–Trinajstić information content (AvgIpc) is 2.97. The molecule has 0 radical (unpaired) electrons. The van der Waals surface area contributed by atoms with Gasteiger partial charge in [0.15, 0.2) is 0 Å². The van der Waals surface area contributed by atoms with Gasteiger partial charge in [-0.25, -0.2) is 8.42 Å². The first kappa shape index (κ1) is 19.7. The molecule has 5 N–H and O–H groups in total. The second kappa shape index (κ2) is 7.52. The molecule has 3 aromatic rings. The Morgan fingerprint density at radius 3 is 2.68 bits per heavy atom. The summed E-state index contributed by atoms with van der Waals surface area (Å²) in [6.07, 6.45) is 1.28. The van der Waals surface area contributed by atoms with Crippen LogP contribution in [0.4, 0.5) is 11.4 Å². The number of aromatic amines is 1. The molecule has 1 aromatic carbocycles. The van der Waals surface area contributed by atoms with Crippen molar-refractivity contribution in [1.82, 2.24) is 15.3 Å². The quantitative estimate of drug-likeness (QED) is 0.440. The standard InChI is InChI=1S/C17H21N7O3S/c1-10-4-5-12(8-13(10)23-28(3,26)27)14-9-15(19-16(25)6-7-18)17-21-20-11(2)24(17)22-14/h4-5,8-9,23H,6-7,18H2,1-3H3,(H,19,22,25)/p+1. The Kier molecular flexibility index (Phi) is 5.29. The number of aryl methyl sites for hydroxylation is 2. The highest BCUT2D eigenvalue weighted by atomic mass is 32.2. The van der Waals surface area contributed by atoms with Crippen LogP contribution < -0.4 is 20.3 Å². The van der Waals surface area contributed by atoms with Gasteiger partial charge < -0.3 is 11.1 Å². The molecule has 2 heterocycles. The van der Waals surface area contributed by atoms with Gasteiger partial charge in [-0.2, -0.15) is 0 Å². The van der Waals surface area contributed by atoms with Crippen molar-refractivity contribution >= 4 is 33.0 Å². The Bertz CT molecular complexity index is 1160. The summed E-state index contributed by atoms with van der Waals surface area (Å²) >= 11 is 0. The van der Waals surface area contributed by atoms with Crippen LogP contribution in [0.5, 0.6) is 0 Å². The fourth-order valence-electron chi connectivity index (χ4n) is 2.69. The van der Waals surface area contributed by atoms with E-state index in [0.29, 0.717) is 34.1 Å². The Morgan fingerprint density at radius 2 is 2.00 bits per heavy atom. The Morgan fingerprint density at radius 1 is 1.25 bits per heavy atom. The molecule has 0 saturated heterocycles. The molecule has 1 amide bonds. The summed E-state index contributed by atoms with van der Waals surface area (Å²) in [6.45, 7) is 3.84. The molecule has 0 bridgehead atoms. The zero-order valence-electron chi connectivity index (χ0n) is 15.8. The third-order valence-corrected chi connectivity index (χ3v) is 4.64. The van der Waals surface area contributed by atoms with Crippen molar-refractivity contribution in [2.45, 2.75) is 20.3 Å². The van der Waals surface area contributed by atoms with E-state index in [9.17, 15) is 13.2 Å². The lowest BCUT2D eigenvalue weighted by molar-refractivity contribution is -0.586. The van der Waals surface area contributed by atoms with Crippen LogP contribution in [0.1, 0.15) is 17.8 Å². The molecule has 0 unspecified atom stereocenters. The topological polar surface area (TPSA) is 147 Å². The number of carbonyl (C=O) groups is 1. The van der Waals surface area contributed by atoms with E-state index in [1.165, 1.54) is 0 Å². The molecule has 0 fully saturated rings. The summed E-state index contributed by atoms with van der Waals surface area (Å²) in [6, 6.07) is 7.03. The third-order valence-electron chi connectivity index (χ3n) is 4.05. The number of rotatable bonds is 6. The molecule has 0 aliphatic rings. The molecule has 0 atom stereocenters. The van der Waals surface area contributed by atoms with Crippen molar-refractivity contribution in [2.24, 2.45) is 5.73 Å². The largest absolute Gasteiger partial charge is 0.349 e. The molecule has 10 nitrogen and oxygen atoms in total. The van der Waals surface area contributed by atoms with Gasteiger partial charge in [-0.3, -0.25) is 9.52 Å². The van der Waals surface area contributed by atoms with Gasteiger partial charge in [0, 0.05) is 30.6 Å². The lowest BCUT2D eigenvalue weighted by atomic mass is 10.1. The van der Waals surface area contributed by atoms with Crippen LogP contribution in [0.25, 0.3) is 16.9 Å². The summed E-state index contributed by atoms with van der Waals surface area (Å²) in [5, 5.41) is 14.4. The number of nitrogens with one attached hydrogen (secondary N) is 3. The minimum absolute atomic E-state index is 0.181. The first-order valence-corrected chi connectivity index (χ1v) is 10.4. The monoisotopic (exact) mass is 404 g/mol. The number of hydrogen-bond donors (Lipinski definition) is 4. The number of carbonyl (C=O) groups excluding carboxylic acids is 1. The van der Waals surface area contributed by atoms with Crippen LogP contribution in [-0.4, -0.2) is 42.4 Å². The minimum Gasteiger partial charge on any atom is -0.330 e. The second-order valence-corrected chi connectivity index (χ2v) is 8.23. The van der Waals surface area contributed by atoms with E-state index in [2.05, 4.69) is 25.3 Å². The molecule has 0 saturated carbocycles. The molecule has 148 valence electrons. The summed E-state index contributed by atoms with van der Waals surface area (Å²) < 4.78 is 27.3. The van der Waals surface area contributed by atoms with Crippen LogP contribution in [0.2, 0.25) is 0 Å². The SMILES string of the molecule is Cc1ccc(-c2cc(NC(=O)CCN)c3n[nH]c(C)[n+]3n2)cc1NS(C)(=O)=O. The van der Waals surface area contributed by atoms with Crippen LogP contribution >= 0.6 is 0 Å². The van der Waals surface area contributed by atoms with Gasteiger partial charge >= 0.3 is 5.65 Å². The smallest absolute Gasteiger partial charge is 0.330 e. The normalized spacial score (nSPS) is 11.6. The molecule has 3 rings (SSSR count). The Hall–Kier alpha value is -3.05. The van der Waals surface area contributed by atoms with E-state index in [0.717, 1.165) is 11.8 Å². The van der Waals surface area contributed by atoms with Gasteiger partial charge in [0.05, 0.1) is 11.9 Å². The third kappa shape index (κ3) is 4.26. The number of amides is 1. The number of aromatic nitrogens is 4.